The van der Waals surface area contributed by atoms with Gasteiger partial charge in [-0.1, -0.05) is 30.3 Å². The highest BCUT2D eigenvalue weighted by Crippen LogP contribution is 2.47. The molecule has 1 fully saturated rings. The Balaban J connectivity index is 1.68. The Labute approximate surface area is 189 Å². The number of rotatable bonds is 2. The summed E-state index contributed by atoms with van der Waals surface area (Å²) in [5, 5.41) is 0. The van der Waals surface area contributed by atoms with Crippen LogP contribution in [0.25, 0.3) is 10.4 Å². The number of hydrogen-bond acceptors (Lipinski definition) is 4. The second-order valence-corrected chi connectivity index (χ2v) is 9.18. The molecule has 2 heterocycles. The summed E-state index contributed by atoms with van der Waals surface area (Å²) in [5.74, 6) is 1.51. The van der Waals surface area contributed by atoms with E-state index in [4.69, 9.17) is 20.8 Å². The molecule has 1 saturated heterocycles. The maximum atomic E-state index is 12.5. The van der Waals surface area contributed by atoms with E-state index in [1.807, 2.05) is 63.2 Å². The van der Waals surface area contributed by atoms with Gasteiger partial charge >= 0.3 is 6.09 Å². The van der Waals surface area contributed by atoms with Crippen LogP contribution < -0.4 is 9.47 Å². The van der Waals surface area contributed by atoms with Gasteiger partial charge in [0.15, 0.2) is 5.69 Å². The Morgan fingerprint density at radius 2 is 1.81 bits per heavy atom. The molecule has 2 aliphatic rings. The molecule has 2 aliphatic heterocycles. The zero-order chi connectivity index (χ0) is 22.9. The molecular formula is C26H28N2O4. The van der Waals surface area contributed by atoms with Crippen LogP contribution in [-0.4, -0.2) is 42.4 Å². The van der Waals surface area contributed by atoms with Crippen molar-refractivity contribution < 1.29 is 19.0 Å². The van der Waals surface area contributed by atoms with E-state index in [2.05, 4.69) is 10.9 Å². The number of amides is 1. The van der Waals surface area contributed by atoms with Crippen LogP contribution in [0.1, 0.15) is 44.7 Å². The van der Waals surface area contributed by atoms with E-state index in [1.54, 1.807) is 12.0 Å². The molecule has 6 nitrogen and oxygen atoms in total. The van der Waals surface area contributed by atoms with Gasteiger partial charge in [-0.05, 0) is 50.1 Å². The number of piperidine rings is 1. The molecule has 2 aromatic rings. The van der Waals surface area contributed by atoms with Gasteiger partial charge < -0.3 is 19.1 Å². The number of fused-ring (bicyclic) bond motifs is 1. The summed E-state index contributed by atoms with van der Waals surface area (Å²) < 4.78 is 17.7. The number of ether oxygens (including phenoxy) is 3. The van der Waals surface area contributed by atoms with E-state index in [-0.39, 0.29) is 6.09 Å². The highest BCUT2D eigenvalue weighted by atomic mass is 16.6. The average Bonchev–Trinajstić information content (AvgIpc) is 2.77. The summed E-state index contributed by atoms with van der Waals surface area (Å²) in [5.41, 5.74) is 2.48. The van der Waals surface area contributed by atoms with Crippen molar-refractivity contribution in [3.63, 3.8) is 0 Å². The molecule has 0 aliphatic carbocycles. The molecule has 0 saturated carbocycles. The predicted molar refractivity (Wildman–Crippen MR) is 123 cm³/mol. The molecule has 0 bridgehead atoms. The Morgan fingerprint density at radius 1 is 1.12 bits per heavy atom. The first-order valence-corrected chi connectivity index (χ1v) is 10.8. The number of methoxy groups -OCH3 is 1. The molecule has 1 spiro atoms. The van der Waals surface area contributed by atoms with Crippen LogP contribution in [0, 0.1) is 6.57 Å². The third-order valence-corrected chi connectivity index (χ3v) is 5.77. The standard InChI is InChI=1S/C26H28N2O4/c1-25(2,3)32-24(29)28-15-13-26(14-16-28)17-20(18-9-11-19(27-4)12-10-18)23-21(30-5)7-6-8-22(23)31-26/h6-12,17H,13-16H2,1-3,5H3. The normalized spacial score (nSPS) is 17.0. The smallest absolute Gasteiger partial charge is 0.410 e. The Hall–Kier alpha value is -3.46. The maximum absolute atomic E-state index is 12.5. The number of nitrogens with zero attached hydrogens (tertiary/aromatic N) is 2. The maximum Gasteiger partial charge on any atom is 0.410 e. The zero-order valence-corrected chi connectivity index (χ0v) is 19.0. The molecule has 1 amide bonds. The van der Waals surface area contributed by atoms with Crippen LogP contribution in [0.5, 0.6) is 11.5 Å². The summed E-state index contributed by atoms with van der Waals surface area (Å²) in [6.45, 7) is 14.0. The van der Waals surface area contributed by atoms with Gasteiger partial charge in [0, 0.05) is 25.9 Å². The third kappa shape index (κ3) is 4.29. The molecule has 0 unspecified atom stereocenters. The molecule has 0 N–H and O–H groups in total. The van der Waals surface area contributed by atoms with Gasteiger partial charge in [-0.3, -0.25) is 0 Å². The molecule has 32 heavy (non-hydrogen) atoms. The van der Waals surface area contributed by atoms with Gasteiger partial charge in [0.1, 0.15) is 22.7 Å². The van der Waals surface area contributed by atoms with Crippen molar-refractivity contribution in [2.24, 2.45) is 0 Å². The van der Waals surface area contributed by atoms with Crippen LogP contribution in [0.4, 0.5) is 10.5 Å². The summed E-state index contributed by atoms with van der Waals surface area (Å²) in [6, 6.07) is 13.4. The first kappa shape index (κ1) is 21.8. The lowest BCUT2D eigenvalue weighted by Crippen LogP contribution is -2.50. The number of benzene rings is 2. The third-order valence-electron chi connectivity index (χ3n) is 5.77. The van der Waals surface area contributed by atoms with Crippen LogP contribution in [0.2, 0.25) is 0 Å². The molecule has 2 aromatic carbocycles. The van der Waals surface area contributed by atoms with Crippen LogP contribution >= 0.6 is 0 Å². The second-order valence-electron chi connectivity index (χ2n) is 9.18. The van der Waals surface area contributed by atoms with Crippen LogP contribution in [-0.2, 0) is 4.74 Å². The summed E-state index contributed by atoms with van der Waals surface area (Å²) >= 11 is 0. The van der Waals surface area contributed by atoms with Crippen molar-refractivity contribution in [1.82, 2.24) is 4.90 Å². The molecule has 166 valence electrons. The minimum atomic E-state index is -0.522. The fraction of sp³-hybridized carbons (Fsp3) is 0.385. The number of carbonyl (C=O) groups is 1. The average molecular weight is 433 g/mol. The number of carbonyl (C=O) groups excluding carboxylic acids is 1. The van der Waals surface area contributed by atoms with E-state index in [0.717, 1.165) is 28.2 Å². The Morgan fingerprint density at radius 3 is 2.41 bits per heavy atom. The SMILES string of the molecule is [C-]#[N+]c1ccc(C2=CC3(CCN(C(=O)OC(C)(C)C)CC3)Oc3cccc(OC)c32)cc1. The van der Waals surface area contributed by atoms with Crippen molar-refractivity contribution in [2.45, 2.75) is 44.8 Å². The van der Waals surface area contributed by atoms with Crippen molar-refractivity contribution in [3.05, 3.63) is 71.1 Å². The second kappa shape index (κ2) is 8.23. The summed E-state index contributed by atoms with van der Waals surface area (Å²) in [4.78, 5) is 17.8. The van der Waals surface area contributed by atoms with Gasteiger partial charge in [-0.25, -0.2) is 9.64 Å². The summed E-state index contributed by atoms with van der Waals surface area (Å²) in [6.07, 6.45) is 3.19. The van der Waals surface area contributed by atoms with Crippen LogP contribution in [0.15, 0.2) is 48.5 Å². The van der Waals surface area contributed by atoms with E-state index >= 15 is 0 Å². The van der Waals surface area contributed by atoms with Gasteiger partial charge in [-0.15, -0.1) is 0 Å². The van der Waals surface area contributed by atoms with E-state index in [0.29, 0.717) is 31.6 Å². The van der Waals surface area contributed by atoms with Crippen LogP contribution in [0.3, 0.4) is 0 Å². The Kier molecular flexibility index (Phi) is 5.60. The van der Waals surface area contributed by atoms with E-state index in [9.17, 15) is 4.79 Å². The topological polar surface area (TPSA) is 52.4 Å². The summed E-state index contributed by atoms with van der Waals surface area (Å²) in [7, 11) is 1.65. The molecule has 4 rings (SSSR count). The van der Waals surface area contributed by atoms with E-state index in [1.165, 1.54) is 0 Å². The van der Waals surface area contributed by atoms with Crippen molar-refractivity contribution in [1.29, 1.82) is 0 Å². The van der Waals surface area contributed by atoms with Gasteiger partial charge in [-0.2, -0.15) is 0 Å². The molecule has 0 atom stereocenters. The monoisotopic (exact) mass is 432 g/mol. The van der Waals surface area contributed by atoms with Gasteiger partial charge in [0.2, 0.25) is 0 Å². The van der Waals surface area contributed by atoms with Gasteiger partial charge in [0.05, 0.1) is 19.2 Å². The van der Waals surface area contributed by atoms with Crippen molar-refractivity contribution >= 4 is 17.4 Å². The number of likely N-dealkylation sites (tertiary alicyclic amines) is 1. The van der Waals surface area contributed by atoms with Crippen molar-refractivity contribution in [2.75, 3.05) is 20.2 Å². The Bertz CT molecular complexity index is 1080. The van der Waals surface area contributed by atoms with Gasteiger partial charge in [0.25, 0.3) is 0 Å². The first-order valence-electron chi connectivity index (χ1n) is 10.8. The minimum Gasteiger partial charge on any atom is -0.496 e. The molecule has 6 heteroatoms. The fourth-order valence-electron chi connectivity index (χ4n) is 4.20. The lowest BCUT2D eigenvalue weighted by atomic mass is 9.82. The van der Waals surface area contributed by atoms with Crippen molar-refractivity contribution in [3.8, 4) is 11.5 Å². The molecule has 0 radical (unpaired) electrons. The highest BCUT2D eigenvalue weighted by Gasteiger charge is 2.41. The lowest BCUT2D eigenvalue weighted by molar-refractivity contribution is -0.00120. The lowest BCUT2D eigenvalue weighted by Gasteiger charge is -2.43. The molecule has 0 aromatic heterocycles. The quantitative estimate of drug-likeness (QED) is 0.560. The zero-order valence-electron chi connectivity index (χ0n) is 19.0. The largest absolute Gasteiger partial charge is 0.496 e. The molecular weight excluding hydrogens is 404 g/mol. The van der Waals surface area contributed by atoms with E-state index < -0.39 is 11.2 Å². The minimum absolute atomic E-state index is 0.288. The fourth-order valence-corrected chi connectivity index (χ4v) is 4.20. The predicted octanol–water partition coefficient (Wildman–Crippen LogP) is 5.84. The first-order chi connectivity index (χ1) is 15.2. The highest BCUT2D eigenvalue weighted by molar-refractivity contribution is 5.88. The number of hydrogen-bond donors (Lipinski definition) is 0.